The SMILES string of the molecule is CNC(CN(C)CC(C)C)(C(=O)O)c1ccccc1. The number of carboxylic acid groups (broad SMARTS) is 1. The van der Waals surface area contributed by atoms with E-state index in [-0.39, 0.29) is 0 Å². The molecule has 0 fully saturated rings. The predicted octanol–water partition coefficient (Wildman–Crippen LogP) is 1.77. The highest BCUT2D eigenvalue weighted by molar-refractivity contribution is 5.81. The number of rotatable bonds is 7. The maximum atomic E-state index is 11.8. The van der Waals surface area contributed by atoms with Gasteiger partial charge in [-0.25, -0.2) is 4.79 Å². The minimum absolute atomic E-state index is 0.432. The second-order valence-corrected chi connectivity index (χ2v) is 5.42. The number of carbonyl (C=O) groups is 1. The first-order chi connectivity index (χ1) is 8.92. The van der Waals surface area contributed by atoms with Crippen molar-refractivity contribution in [2.45, 2.75) is 19.4 Å². The van der Waals surface area contributed by atoms with Crippen LogP contribution in [0.25, 0.3) is 0 Å². The van der Waals surface area contributed by atoms with E-state index in [0.717, 1.165) is 12.1 Å². The zero-order chi connectivity index (χ0) is 14.5. The van der Waals surface area contributed by atoms with Gasteiger partial charge in [0.05, 0.1) is 0 Å². The van der Waals surface area contributed by atoms with Gasteiger partial charge in [-0.05, 0) is 25.6 Å². The lowest BCUT2D eigenvalue weighted by molar-refractivity contribution is -0.146. The van der Waals surface area contributed by atoms with Gasteiger partial charge in [0.15, 0.2) is 5.54 Å². The Kier molecular flexibility index (Phi) is 5.51. The molecule has 1 aromatic rings. The fourth-order valence-corrected chi connectivity index (χ4v) is 2.43. The van der Waals surface area contributed by atoms with Crippen molar-refractivity contribution in [2.24, 2.45) is 5.92 Å². The van der Waals surface area contributed by atoms with Crippen molar-refractivity contribution < 1.29 is 9.90 Å². The largest absolute Gasteiger partial charge is 0.480 e. The third kappa shape index (κ3) is 3.78. The number of benzene rings is 1. The van der Waals surface area contributed by atoms with Crippen LogP contribution < -0.4 is 5.32 Å². The lowest BCUT2D eigenvalue weighted by atomic mass is 9.89. The molecule has 4 heteroatoms. The molecule has 4 nitrogen and oxygen atoms in total. The first-order valence-electron chi connectivity index (χ1n) is 6.58. The summed E-state index contributed by atoms with van der Waals surface area (Å²) >= 11 is 0. The first-order valence-corrected chi connectivity index (χ1v) is 6.58. The lowest BCUT2D eigenvalue weighted by Crippen LogP contribution is -2.54. The van der Waals surface area contributed by atoms with E-state index in [0.29, 0.717) is 12.5 Å². The molecule has 1 unspecified atom stereocenters. The van der Waals surface area contributed by atoms with Crippen LogP contribution in [0.15, 0.2) is 30.3 Å². The molecule has 19 heavy (non-hydrogen) atoms. The summed E-state index contributed by atoms with van der Waals surface area (Å²) in [6.07, 6.45) is 0. The molecule has 0 amide bonds. The zero-order valence-corrected chi connectivity index (χ0v) is 12.2. The number of carboxylic acids is 1. The molecule has 1 rings (SSSR count). The molecule has 0 aliphatic heterocycles. The summed E-state index contributed by atoms with van der Waals surface area (Å²) in [7, 11) is 3.66. The summed E-state index contributed by atoms with van der Waals surface area (Å²) in [5.41, 5.74) is -0.286. The van der Waals surface area contributed by atoms with E-state index in [2.05, 4.69) is 24.1 Å². The highest BCUT2D eigenvalue weighted by Crippen LogP contribution is 2.22. The van der Waals surface area contributed by atoms with Crippen molar-refractivity contribution >= 4 is 5.97 Å². The monoisotopic (exact) mass is 264 g/mol. The van der Waals surface area contributed by atoms with Crippen LogP contribution in [0.4, 0.5) is 0 Å². The van der Waals surface area contributed by atoms with Crippen LogP contribution in [0.2, 0.25) is 0 Å². The minimum Gasteiger partial charge on any atom is -0.480 e. The number of nitrogens with one attached hydrogen (secondary N) is 1. The Hall–Kier alpha value is -1.39. The van der Waals surface area contributed by atoms with E-state index in [4.69, 9.17) is 0 Å². The average Bonchev–Trinajstić information content (AvgIpc) is 2.35. The third-order valence-electron chi connectivity index (χ3n) is 3.24. The number of hydrogen-bond donors (Lipinski definition) is 2. The molecule has 1 aromatic carbocycles. The Morgan fingerprint density at radius 3 is 2.37 bits per heavy atom. The highest BCUT2D eigenvalue weighted by atomic mass is 16.4. The van der Waals surface area contributed by atoms with Gasteiger partial charge in [-0.15, -0.1) is 0 Å². The maximum Gasteiger partial charge on any atom is 0.329 e. The maximum absolute atomic E-state index is 11.8. The van der Waals surface area contributed by atoms with Crippen LogP contribution in [0.3, 0.4) is 0 Å². The van der Waals surface area contributed by atoms with Gasteiger partial charge in [-0.3, -0.25) is 0 Å². The second kappa shape index (κ2) is 6.68. The van der Waals surface area contributed by atoms with Crippen LogP contribution >= 0.6 is 0 Å². The summed E-state index contributed by atoms with van der Waals surface area (Å²) in [6, 6.07) is 9.34. The van der Waals surface area contributed by atoms with E-state index >= 15 is 0 Å². The van der Waals surface area contributed by atoms with E-state index < -0.39 is 11.5 Å². The second-order valence-electron chi connectivity index (χ2n) is 5.42. The molecule has 0 heterocycles. The molecule has 0 aromatic heterocycles. The van der Waals surface area contributed by atoms with Crippen molar-refractivity contribution in [3.8, 4) is 0 Å². The molecule has 0 saturated carbocycles. The van der Waals surface area contributed by atoms with E-state index in [9.17, 15) is 9.90 Å². The van der Waals surface area contributed by atoms with Gasteiger partial charge in [0.1, 0.15) is 0 Å². The van der Waals surface area contributed by atoms with Crippen LogP contribution in [0.1, 0.15) is 19.4 Å². The van der Waals surface area contributed by atoms with E-state index in [1.807, 2.05) is 37.4 Å². The molecule has 0 bridgehead atoms. The van der Waals surface area contributed by atoms with Crippen LogP contribution in [0.5, 0.6) is 0 Å². The molecule has 2 N–H and O–H groups in total. The number of nitrogens with zero attached hydrogens (tertiary/aromatic N) is 1. The Morgan fingerprint density at radius 1 is 1.37 bits per heavy atom. The number of hydrogen-bond acceptors (Lipinski definition) is 3. The van der Waals surface area contributed by atoms with E-state index in [1.165, 1.54) is 0 Å². The smallest absolute Gasteiger partial charge is 0.329 e. The summed E-state index contributed by atoms with van der Waals surface area (Å²) in [5.74, 6) is -0.346. The third-order valence-corrected chi connectivity index (χ3v) is 3.24. The van der Waals surface area contributed by atoms with E-state index in [1.54, 1.807) is 7.05 Å². The first kappa shape index (κ1) is 15.7. The van der Waals surface area contributed by atoms with Gasteiger partial charge < -0.3 is 15.3 Å². The van der Waals surface area contributed by atoms with Gasteiger partial charge in [0.2, 0.25) is 0 Å². The molecular formula is C15H24N2O2. The molecule has 0 spiro atoms. The van der Waals surface area contributed by atoms with Gasteiger partial charge in [0, 0.05) is 13.1 Å². The van der Waals surface area contributed by atoms with Crippen molar-refractivity contribution in [3.05, 3.63) is 35.9 Å². The van der Waals surface area contributed by atoms with Gasteiger partial charge >= 0.3 is 5.97 Å². The van der Waals surface area contributed by atoms with Crippen LogP contribution in [-0.4, -0.2) is 43.2 Å². The molecule has 1 atom stereocenters. The van der Waals surface area contributed by atoms with Gasteiger partial charge in [-0.2, -0.15) is 0 Å². The average molecular weight is 264 g/mol. The van der Waals surface area contributed by atoms with Crippen molar-refractivity contribution in [2.75, 3.05) is 27.2 Å². The standard InChI is InChI=1S/C15H24N2O2/c1-12(2)10-17(4)11-15(16-3,14(18)19)13-8-6-5-7-9-13/h5-9,12,16H,10-11H2,1-4H3,(H,18,19). The predicted molar refractivity (Wildman–Crippen MR) is 77.2 cm³/mol. The topological polar surface area (TPSA) is 52.6 Å². The molecule has 0 aliphatic rings. The van der Waals surface area contributed by atoms with Crippen molar-refractivity contribution in [3.63, 3.8) is 0 Å². The Morgan fingerprint density at radius 2 is 1.95 bits per heavy atom. The Bertz CT molecular complexity index is 406. The van der Waals surface area contributed by atoms with Crippen molar-refractivity contribution in [1.29, 1.82) is 0 Å². The van der Waals surface area contributed by atoms with Gasteiger partial charge in [0.25, 0.3) is 0 Å². The van der Waals surface area contributed by atoms with Crippen molar-refractivity contribution in [1.82, 2.24) is 10.2 Å². The molecule has 0 saturated heterocycles. The quantitative estimate of drug-likeness (QED) is 0.788. The van der Waals surface area contributed by atoms with Gasteiger partial charge in [-0.1, -0.05) is 44.2 Å². The zero-order valence-electron chi connectivity index (χ0n) is 12.2. The highest BCUT2D eigenvalue weighted by Gasteiger charge is 2.39. The Labute approximate surface area is 115 Å². The molecular weight excluding hydrogens is 240 g/mol. The lowest BCUT2D eigenvalue weighted by Gasteiger charge is -2.34. The fourth-order valence-electron chi connectivity index (χ4n) is 2.43. The molecule has 0 aliphatic carbocycles. The summed E-state index contributed by atoms with van der Waals surface area (Å²) in [6.45, 7) is 5.55. The number of aliphatic carboxylic acids is 1. The Balaban J connectivity index is 3.04. The number of likely N-dealkylation sites (N-methyl/N-ethyl adjacent to an activating group) is 2. The molecule has 0 radical (unpaired) electrons. The summed E-state index contributed by atoms with van der Waals surface area (Å²) in [5, 5.41) is 12.7. The summed E-state index contributed by atoms with van der Waals surface area (Å²) < 4.78 is 0. The van der Waals surface area contributed by atoms with Crippen LogP contribution in [0, 0.1) is 5.92 Å². The fraction of sp³-hybridized carbons (Fsp3) is 0.533. The molecule has 106 valence electrons. The minimum atomic E-state index is -1.06. The summed E-state index contributed by atoms with van der Waals surface area (Å²) in [4.78, 5) is 13.8. The van der Waals surface area contributed by atoms with Crippen LogP contribution in [-0.2, 0) is 10.3 Å². The normalized spacial score (nSPS) is 14.6.